The second-order valence-corrected chi connectivity index (χ2v) is 7.75. The number of Topliss-reactive ketones (excluding diaryl/α,β-unsaturated/α-hetero) is 1. The highest BCUT2D eigenvalue weighted by atomic mass is 35.5. The van der Waals surface area contributed by atoms with E-state index in [0.29, 0.717) is 24.2 Å². The first kappa shape index (κ1) is 21.6. The van der Waals surface area contributed by atoms with Gasteiger partial charge in [-0.2, -0.15) is 5.26 Å². The summed E-state index contributed by atoms with van der Waals surface area (Å²) in [5, 5.41) is 12.6. The Morgan fingerprint density at radius 1 is 1.23 bits per heavy atom. The van der Waals surface area contributed by atoms with E-state index in [1.807, 2.05) is 37.2 Å². The summed E-state index contributed by atoms with van der Waals surface area (Å²) in [4.78, 5) is 30.8. The zero-order valence-corrected chi connectivity index (χ0v) is 18.1. The van der Waals surface area contributed by atoms with Crippen LogP contribution in [0.5, 0.6) is 0 Å². The first-order valence-electron chi connectivity index (χ1n) is 9.44. The van der Waals surface area contributed by atoms with E-state index in [0.717, 1.165) is 17.6 Å². The topological polar surface area (TPSA) is 96.0 Å². The molecule has 3 aromatic rings. The Bertz CT molecular complexity index is 1220. The van der Waals surface area contributed by atoms with Gasteiger partial charge in [-0.1, -0.05) is 11.6 Å². The normalized spacial score (nSPS) is 11.1. The fraction of sp³-hybridized carbons (Fsp3) is 0.333. The molecule has 0 aliphatic carbocycles. The van der Waals surface area contributed by atoms with Crippen LogP contribution in [0.25, 0.3) is 11.0 Å². The highest BCUT2D eigenvalue weighted by molar-refractivity contribution is 6.31. The minimum absolute atomic E-state index is 0.0216. The zero-order valence-electron chi connectivity index (χ0n) is 17.4. The lowest BCUT2D eigenvalue weighted by molar-refractivity contribution is 0.0972. The van der Waals surface area contributed by atoms with Crippen molar-refractivity contribution in [2.24, 2.45) is 14.1 Å². The molecule has 1 aromatic carbocycles. The van der Waals surface area contributed by atoms with Crippen molar-refractivity contribution in [3.05, 3.63) is 51.2 Å². The van der Waals surface area contributed by atoms with Crippen molar-refractivity contribution < 1.29 is 4.79 Å². The summed E-state index contributed by atoms with van der Waals surface area (Å²) in [5.74, 6) is -0.132. The molecule has 0 unspecified atom stereocenters. The van der Waals surface area contributed by atoms with Gasteiger partial charge in [0.2, 0.25) is 0 Å². The minimum atomic E-state index is -0.132. The van der Waals surface area contributed by atoms with E-state index in [2.05, 4.69) is 10.3 Å². The molecular weight excluding hydrogens is 404 g/mol. The molecule has 0 saturated carbocycles. The third-order valence-electron chi connectivity index (χ3n) is 4.93. The SMILES string of the molecule is CN(C)CCCC(=O)c1cc(Nc2ccc3c(c2)n(C)c(=O)n3C)c(C#N)c(Cl)n1. The Morgan fingerprint density at radius 3 is 2.60 bits per heavy atom. The molecule has 9 heteroatoms. The van der Waals surface area contributed by atoms with E-state index in [4.69, 9.17) is 11.6 Å². The molecule has 2 aromatic heterocycles. The number of nitrogens with zero attached hydrogens (tertiary/aromatic N) is 5. The number of nitrogens with one attached hydrogen (secondary N) is 1. The largest absolute Gasteiger partial charge is 0.354 e. The Labute approximate surface area is 179 Å². The lowest BCUT2D eigenvalue weighted by atomic mass is 10.1. The summed E-state index contributed by atoms with van der Waals surface area (Å²) in [7, 11) is 7.30. The predicted octanol–water partition coefficient (Wildman–Crippen LogP) is 3.07. The van der Waals surface area contributed by atoms with Gasteiger partial charge in [0.05, 0.1) is 16.7 Å². The van der Waals surface area contributed by atoms with Crippen LogP contribution in [0.2, 0.25) is 5.15 Å². The van der Waals surface area contributed by atoms with E-state index in [1.54, 1.807) is 35.4 Å². The van der Waals surface area contributed by atoms with E-state index >= 15 is 0 Å². The summed E-state index contributed by atoms with van der Waals surface area (Å²) in [6.45, 7) is 0.788. The van der Waals surface area contributed by atoms with Crippen LogP contribution >= 0.6 is 11.6 Å². The van der Waals surface area contributed by atoms with Crippen molar-refractivity contribution in [2.75, 3.05) is 26.0 Å². The maximum atomic E-state index is 12.6. The number of aryl methyl sites for hydroxylation is 2. The monoisotopic (exact) mass is 426 g/mol. The third-order valence-corrected chi connectivity index (χ3v) is 5.21. The molecule has 3 rings (SSSR count). The number of carbonyl (C=O) groups excluding carboxylic acids is 1. The van der Waals surface area contributed by atoms with Gasteiger partial charge in [0.1, 0.15) is 22.5 Å². The maximum Gasteiger partial charge on any atom is 0.328 e. The van der Waals surface area contributed by atoms with E-state index in [-0.39, 0.29) is 27.9 Å². The summed E-state index contributed by atoms with van der Waals surface area (Å²) in [6, 6.07) is 9.02. The molecule has 0 aliphatic heterocycles. The molecule has 0 amide bonds. The van der Waals surface area contributed by atoms with Crippen LogP contribution in [-0.2, 0) is 14.1 Å². The summed E-state index contributed by atoms with van der Waals surface area (Å²) in [5.41, 5.74) is 2.83. The van der Waals surface area contributed by atoms with E-state index < -0.39 is 0 Å². The summed E-state index contributed by atoms with van der Waals surface area (Å²) in [6.07, 6.45) is 1.04. The molecule has 0 atom stereocenters. The van der Waals surface area contributed by atoms with Crippen LogP contribution in [-0.4, -0.2) is 45.4 Å². The number of rotatable bonds is 7. The molecule has 0 fully saturated rings. The number of fused-ring (bicyclic) bond motifs is 1. The Hall–Kier alpha value is -3.15. The van der Waals surface area contributed by atoms with Gasteiger partial charge >= 0.3 is 5.69 Å². The van der Waals surface area contributed by atoms with Gasteiger partial charge in [0.15, 0.2) is 5.78 Å². The molecule has 0 saturated heterocycles. The molecular formula is C21H23ClN6O2. The number of carbonyl (C=O) groups is 1. The maximum absolute atomic E-state index is 12.6. The van der Waals surface area contributed by atoms with Gasteiger partial charge < -0.3 is 10.2 Å². The molecule has 0 spiro atoms. The number of pyridine rings is 1. The lowest BCUT2D eigenvalue weighted by Crippen LogP contribution is -2.19. The molecule has 8 nitrogen and oxygen atoms in total. The number of hydrogen-bond donors (Lipinski definition) is 1. The van der Waals surface area contributed by atoms with Crippen LogP contribution in [0.15, 0.2) is 29.1 Å². The van der Waals surface area contributed by atoms with E-state index in [1.165, 1.54) is 0 Å². The van der Waals surface area contributed by atoms with Crippen molar-refractivity contribution >= 4 is 39.8 Å². The van der Waals surface area contributed by atoms with Gasteiger partial charge in [0, 0.05) is 26.2 Å². The number of nitriles is 1. The van der Waals surface area contributed by atoms with Crippen LogP contribution in [0.4, 0.5) is 11.4 Å². The van der Waals surface area contributed by atoms with Gasteiger partial charge in [-0.25, -0.2) is 9.78 Å². The highest BCUT2D eigenvalue weighted by Crippen LogP contribution is 2.28. The first-order chi connectivity index (χ1) is 14.2. The quantitative estimate of drug-likeness (QED) is 0.460. The number of ketones is 1. The third kappa shape index (κ3) is 4.22. The molecule has 2 heterocycles. The number of imidazole rings is 1. The number of anilines is 2. The molecule has 156 valence electrons. The number of aromatic nitrogens is 3. The van der Waals surface area contributed by atoms with E-state index in [9.17, 15) is 14.9 Å². The van der Waals surface area contributed by atoms with Crippen LogP contribution < -0.4 is 11.0 Å². The fourth-order valence-electron chi connectivity index (χ4n) is 3.29. The smallest absolute Gasteiger partial charge is 0.328 e. The van der Waals surface area contributed by atoms with Crippen LogP contribution in [0.1, 0.15) is 28.9 Å². The van der Waals surface area contributed by atoms with Crippen molar-refractivity contribution in [3.8, 4) is 6.07 Å². The molecule has 0 radical (unpaired) electrons. The lowest BCUT2D eigenvalue weighted by Gasteiger charge is -2.12. The van der Waals surface area contributed by atoms with Crippen LogP contribution in [0.3, 0.4) is 0 Å². The zero-order chi connectivity index (χ0) is 22.0. The first-order valence-corrected chi connectivity index (χ1v) is 9.81. The average Bonchev–Trinajstić information content (AvgIpc) is 2.91. The second-order valence-electron chi connectivity index (χ2n) is 7.39. The van der Waals surface area contributed by atoms with Gasteiger partial charge in [-0.3, -0.25) is 13.9 Å². The van der Waals surface area contributed by atoms with Crippen molar-refractivity contribution in [1.29, 1.82) is 5.26 Å². The summed E-state index contributed by atoms with van der Waals surface area (Å²) >= 11 is 6.19. The van der Waals surface area contributed by atoms with Crippen LogP contribution in [0, 0.1) is 11.3 Å². The molecule has 1 N–H and O–H groups in total. The Kier molecular flexibility index (Phi) is 6.25. The molecule has 30 heavy (non-hydrogen) atoms. The van der Waals surface area contributed by atoms with Crippen molar-refractivity contribution in [3.63, 3.8) is 0 Å². The minimum Gasteiger partial charge on any atom is -0.354 e. The second kappa shape index (κ2) is 8.69. The average molecular weight is 427 g/mol. The van der Waals surface area contributed by atoms with Gasteiger partial charge in [-0.15, -0.1) is 0 Å². The Morgan fingerprint density at radius 2 is 1.93 bits per heavy atom. The van der Waals surface area contributed by atoms with Crippen molar-refractivity contribution in [2.45, 2.75) is 12.8 Å². The van der Waals surface area contributed by atoms with Crippen molar-refractivity contribution in [1.82, 2.24) is 19.0 Å². The van der Waals surface area contributed by atoms with Gasteiger partial charge in [0.25, 0.3) is 0 Å². The number of hydrogen-bond acceptors (Lipinski definition) is 6. The fourth-order valence-corrected chi connectivity index (χ4v) is 3.52. The number of halogens is 1. The standard InChI is InChI=1S/C21H23ClN6O2/c1-26(2)9-5-6-19(29)16-11-15(14(12-23)20(22)25-16)24-13-7-8-17-18(10-13)28(4)21(30)27(17)3/h7-8,10-11H,5-6,9H2,1-4H3,(H,24,25). The predicted molar refractivity (Wildman–Crippen MR) is 118 cm³/mol. The number of benzene rings is 1. The highest BCUT2D eigenvalue weighted by Gasteiger charge is 2.17. The Balaban J connectivity index is 1.95. The molecule has 0 bridgehead atoms. The van der Waals surface area contributed by atoms with Gasteiger partial charge in [-0.05, 0) is 51.3 Å². The summed E-state index contributed by atoms with van der Waals surface area (Å²) < 4.78 is 3.11. The molecule has 0 aliphatic rings.